The third kappa shape index (κ3) is 8.39. The molecule has 0 radical (unpaired) electrons. The highest BCUT2D eigenvalue weighted by Crippen LogP contribution is 2.37. The molecule has 244 valence electrons. The summed E-state index contributed by atoms with van der Waals surface area (Å²) in [6, 6.07) is 14.6. The Labute approximate surface area is 267 Å². The molecule has 0 aliphatic heterocycles. The number of nitrogens with one attached hydrogen (secondary N) is 2. The van der Waals surface area contributed by atoms with Crippen LogP contribution in [0.25, 0.3) is 10.2 Å². The van der Waals surface area contributed by atoms with Gasteiger partial charge in [-0.2, -0.15) is 13.2 Å². The summed E-state index contributed by atoms with van der Waals surface area (Å²) in [5.41, 5.74) is 1.28. The van der Waals surface area contributed by atoms with E-state index in [2.05, 4.69) is 15.6 Å². The van der Waals surface area contributed by atoms with Crippen LogP contribution in [0.15, 0.2) is 60.7 Å². The molecule has 1 aliphatic rings. The van der Waals surface area contributed by atoms with E-state index in [-0.39, 0.29) is 42.3 Å². The van der Waals surface area contributed by atoms with Crippen LogP contribution in [0.4, 0.5) is 33.2 Å². The van der Waals surface area contributed by atoms with Crippen molar-refractivity contribution < 1.29 is 37.1 Å². The molecule has 0 bridgehead atoms. The summed E-state index contributed by atoms with van der Waals surface area (Å²) in [5, 5.41) is 13.8. The summed E-state index contributed by atoms with van der Waals surface area (Å²) in [6.45, 7) is 0.0426. The Hall–Kier alpha value is -4.52. The Kier molecular flexibility index (Phi) is 11.0. The van der Waals surface area contributed by atoms with Gasteiger partial charge in [-0.3, -0.25) is 19.8 Å². The molecule has 8 nitrogen and oxygen atoms in total. The molecule has 3 aromatic carbocycles. The summed E-state index contributed by atoms with van der Waals surface area (Å²) >= 11 is 0.733. The van der Waals surface area contributed by atoms with Crippen molar-refractivity contribution in [3.63, 3.8) is 0 Å². The Bertz CT molecular complexity index is 1690. The number of carbonyl (C=O) groups is 3. The molecule has 46 heavy (non-hydrogen) atoms. The van der Waals surface area contributed by atoms with Gasteiger partial charge in [0.25, 0.3) is 5.91 Å². The van der Waals surface area contributed by atoms with Gasteiger partial charge in [0.15, 0.2) is 10.9 Å². The number of nitrogens with zero attached hydrogens (tertiary/aromatic N) is 2. The number of hydrogen-bond donors (Lipinski definition) is 3. The van der Waals surface area contributed by atoms with Gasteiger partial charge in [0, 0.05) is 17.8 Å². The lowest BCUT2D eigenvalue weighted by molar-refractivity contribution is -0.138. The van der Waals surface area contributed by atoms with Crippen LogP contribution >= 0.6 is 11.3 Å². The minimum Gasteiger partial charge on any atom is -0.481 e. The molecule has 0 unspecified atom stereocenters. The number of amides is 3. The van der Waals surface area contributed by atoms with Crippen LogP contribution in [0.2, 0.25) is 0 Å². The number of halogens is 4. The summed E-state index contributed by atoms with van der Waals surface area (Å²) in [4.78, 5) is 42.2. The summed E-state index contributed by atoms with van der Waals surface area (Å²) in [7, 11) is 0. The van der Waals surface area contributed by atoms with Gasteiger partial charge in [-0.1, -0.05) is 62.3 Å². The van der Waals surface area contributed by atoms with Gasteiger partial charge in [0.1, 0.15) is 5.52 Å². The van der Waals surface area contributed by atoms with Crippen LogP contribution in [0.5, 0.6) is 0 Å². The van der Waals surface area contributed by atoms with Crippen molar-refractivity contribution in [3.8, 4) is 0 Å². The van der Waals surface area contributed by atoms with Crippen LogP contribution < -0.4 is 15.5 Å². The number of benzene rings is 3. The van der Waals surface area contributed by atoms with E-state index < -0.39 is 35.5 Å². The number of anilines is 2. The number of hydrogen-bond acceptors (Lipinski definition) is 5. The van der Waals surface area contributed by atoms with Crippen LogP contribution in [-0.2, 0) is 17.5 Å². The molecule has 0 saturated heterocycles. The van der Waals surface area contributed by atoms with Crippen LogP contribution in [0.3, 0.4) is 0 Å². The highest BCUT2D eigenvalue weighted by Gasteiger charge is 2.32. The molecule has 0 atom stereocenters. The van der Waals surface area contributed by atoms with E-state index in [0.717, 1.165) is 30.2 Å². The molecule has 1 heterocycles. The maximum Gasteiger partial charge on any atom is 0.416 e. The van der Waals surface area contributed by atoms with Crippen molar-refractivity contribution in [2.24, 2.45) is 0 Å². The first-order chi connectivity index (χ1) is 21.5. The van der Waals surface area contributed by atoms with Gasteiger partial charge in [0.05, 0.1) is 23.2 Å². The minimum absolute atomic E-state index is 0. The third-order valence-corrected chi connectivity index (χ3v) is 8.62. The standard InChI is InChI=1S/C32H30F4N4O4S.CH4/c33-25-16-23(32(34,35)36)17-26-28(25)38-30(45-26)39-31(44)40(24-12-10-21(11-13-24)20-4-2-1-3-5-20)18-19-6-8-22(9-7-19)29(43)37-15-14-27(41)42;/h6-13,16-17,20H,1-5,14-15,18H2,(H,37,43)(H,41,42)(H,38,39,44);1H4. The minimum atomic E-state index is -4.74. The van der Waals surface area contributed by atoms with Crippen LogP contribution in [0, 0.1) is 5.82 Å². The highest BCUT2D eigenvalue weighted by atomic mass is 32.1. The molecular formula is C33H34F4N4O4S. The molecule has 1 fully saturated rings. The number of rotatable bonds is 9. The van der Waals surface area contributed by atoms with Crippen LogP contribution in [-0.4, -0.2) is 34.5 Å². The summed E-state index contributed by atoms with van der Waals surface area (Å²) in [6.07, 6.45) is 0.811. The Balaban J connectivity index is 0.00000480. The zero-order chi connectivity index (χ0) is 32.1. The van der Waals surface area contributed by atoms with Gasteiger partial charge in [-0.05, 0) is 66.3 Å². The van der Waals surface area contributed by atoms with Gasteiger partial charge in [-0.25, -0.2) is 14.2 Å². The van der Waals surface area contributed by atoms with Gasteiger partial charge < -0.3 is 10.4 Å². The van der Waals surface area contributed by atoms with E-state index in [1.165, 1.54) is 29.7 Å². The second kappa shape index (κ2) is 14.7. The normalized spacial score (nSPS) is 13.6. The van der Waals surface area contributed by atoms with E-state index in [1.54, 1.807) is 24.3 Å². The fourth-order valence-electron chi connectivity index (χ4n) is 5.34. The fraction of sp³-hybridized carbons (Fsp3) is 0.333. The topological polar surface area (TPSA) is 112 Å². The monoisotopic (exact) mass is 658 g/mol. The van der Waals surface area contributed by atoms with Crippen molar-refractivity contribution in [1.29, 1.82) is 0 Å². The quantitative estimate of drug-likeness (QED) is 0.156. The van der Waals surface area contributed by atoms with E-state index in [4.69, 9.17) is 5.11 Å². The van der Waals surface area contributed by atoms with E-state index in [9.17, 15) is 31.9 Å². The predicted octanol–water partition coefficient (Wildman–Crippen LogP) is 8.58. The first-order valence-corrected chi connectivity index (χ1v) is 15.2. The first-order valence-electron chi connectivity index (χ1n) is 14.4. The predicted molar refractivity (Wildman–Crippen MR) is 170 cm³/mol. The average Bonchev–Trinajstić information content (AvgIpc) is 3.43. The van der Waals surface area contributed by atoms with Gasteiger partial charge in [-0.15, -0.1) is 0 Å². The van der Waals surface area contributed by atoms with Crippen molar-refractivity contribution in [1.82, 2.24) is 10.3 Å². The molecule has 1 aliphatic carbocycles. The Morgan fingerprint density at radius 1 is 0.978 bits per heavy atom. The molecule has 1 saturated carbocycles. The van der Waals surface area contributed by atoms with Gasteiger partial charge >= 0.3 is 18.2 Å². The SMILES string of the molecule is C.O=C(O)CCNC(=O)c1ccc(CN(C(=O)Nc2nc3c(F)cc(C(F)(F)F)cc3s2)c2ccc(C3CCCCC3)cc2)cc1. The molecule has 4 aromatic rings. The Morgan fingerprint density at radius 3 is 2.28 bits per heavy atom. The van der Waals surface area contributed by atoms with E-state index in [0.29, 0.717) is 28.8 Å². The van der Waals surface area contributed by atoms with Gasteiger partial charge in [0.2, 0.25) is 0 Å². The molecule has 0 spiro atoms. The maximum absolute atomic E-state index is 14.5. The van der Waals surface area contributed by atoms with Crippen molar-refractivity contribution in [3.05, 3.63) is 88.7 Å². The van der Waals surface area contributed by atoms with Crippen LogP contribution in [0.1, 0.15) is 78.9 Å². The number of carbonyl (C=O) groups excluding carboxylic acids is 2. The first kappa shape index (κ1) is 34.4. The van der Waals surface area contributed by atoms with Crippen molar-refractivity contribution in [2.75, 3.05) is 16.8 Å². The smallest absolute Gasteiger partial charge is 0.416 e. The zero-order valence-corrected chi connectivity index (χ0v) is 24.8. The number of fused-ring (bicyclic) bond motifs is 1. The van der Waals surface area contributed by atoms with E-state index in [1.807, 2.05) is 24.3 Å². The number of aromatic nitrogens is 1. The van der Waals surface area contributed by atoms with Crippen molar-refractivity contribution in [2.45, 2.75) is 64.6 Å². The molecule has 3 N–H and O–H groups in total. The summed E-state index contributed by atoms with van der Waals surface area (Å²) < 4.78 is 54.1. The number of carboxylic acids is 1. The number of thiazole rings is 1. The number of urea groups is 1. The maximum atomic E-state index is 14.5. The number of aliphatic carboxylic acids is 1. The zero-order valence-electron chi connectivity index (χ0n) is 24.0. The third-order valence-electron chi connectivity index (χ3n) is 7.70. The fourth-order valence-corrected chi connectivity index (χ4v) is 6.25. The number of alkyl halides is 3. The molecular weight excluding hydrogens is 624 g/mol. The number of carboxylic acid groups (broad SMARTS) is 1. The Morgan fingerprint density at radius 2 is 1.65 bits per heavy atom. The average molecular weight is 659 g/mol. The second-order valence-electron chi connectivity index (χ2n) is 10.9. The molecule has 1 aromatic heterocycles. The van der Waals surface area contributed by atoms with Crippen molar-refractivity contribution >= 4 is 50.3 Å². The lowest BCUT2D eigenvalue weighted by Crippen LogP contribution is -2.34. The second-order valence-corrected chi connectivity index (χ2v) is 11.9. The molecule has 13 heteroatoms. The highest BCUT2D eigenvalue weighted by molar-refractivity contribution is 7.22. The largest absolute Gasteiger partial charge is 0.481 e. The summed E-state index contributed by atoms with van der Waals surface area (Å²) in [5.74, 6) is -2.16. The van der Waals surface area contributed by atoms with E-state index >= 15 is 0 Å². The lowest BCUT2D eigenvalue weighted by Gasteiger charge is -2.25. The molecule has 5 rings (SSSR count). The molecule has 3 amide bonds. The lowest BCUT2D eigenvalue weighted by atomic mass is 9.84.